The highest BCUT2D eigenvalue weighted by Gasteiger charge is 2.23. The molecular formula is C22H27N7O3. The molecule has 0 aliphatic carbocycles. The van der Waals surface area contributed by atoms with Crippen LogP contribution in [0.4, 0.5) is 11.6 Å². The molecule has 0 unspecified atom stereocenters. The van der Waals surface area contributed by atoms with Crippen LogP contribution in [0.15, 0.2) is 30.6 Å². The van der Waals surface area contributed by atoms with Gasteiger partial charge in [-0.15, -0.1) is 10.2 Å². The van der Waals surface area contributed by atoms with E-state index < -0.39 is 0 Å². The smallest absolute Gasteiger partial charge is 0.262 e. The molecular weight excluding hydrogens is 410 g/mol. The van der Waals surface area contributed by atoms with Crippen molar-refractivity contribution < 1.29 is 14.3 Å². The van der Waals surface area contributed by atoms with Crippen molar-refractivity contribution >= 4 is 23.2 Å². The average molecular weight is 438 g/mol. The monoisotopic (exact) mass is 437 g/mol. The molecule has 0 bridgehead atoms. The van der Waals surface area contributed by atoms with Gasteiger partial charge in [0.2, 0.25) is 0 Å². The van der Waals surface area contributed by atoms with E-state index in [2.05, 4.69) is 37.6 Å². The molecule has 0 radical (unpaired) electrons. The maximum atomic E-state index is 13.1. The van der Waals surface area contributed by atoms with Crippen LogP contribution in [0.2, 0.25) is 0 Å². The summed E-state index contributed by atoms with van der Waals surface area (Å²) in [5.74, 6) is 1.36. The molecule has 2 atom stereocenters. The summed E-state index contributed by atoms with van der Waals surface area (Å²) in [5.41, 5.74) is 1.99. The molecule has 3 aromatic heterocycles. The fourth-order valence-corrected chi connectivity index (χ4v) is 4.08. The maximum absolute atomic E-state index is 13.1. The van der Waals surface area contributed by atoms with Crippen LogP contribution in [-0.2, 0) is 4.74 Å². The molecule has 2 fully saturated rings. The molecule has 32 heavy (non-hydrogen) atoms. The van der Waals surface area contributed by atoms with Crippen LogP contribution < -0.4 is 20.3 Å². The molecule has 10 heteroatoms. The van der Waals surface area contributed by atoms with Gasteiger partial charge in [-0.05, 0) is 26.0 Å². The number of carbonyl (C=O) groups is 1. The van der Waals surface area contributed by atoms with Crippen molar-refractivity contribution in [3.8, 4) is 5.75 Å². The molecule has 0 aromatic carbocycles. The molecule has 2 N–H and O–H groups in total. The summed E-state index contributed by atoms with van der Waals surface area (Å²) in [6, 6.07) is 5.85. The van der Waals surface area contributed by atoms with E-state index in [1.807, 2.05) is 23.6 Å². The van der Waals surface area contributed by atoms with Gasteiger partial charge in [0.1, 0.15) is 17.5 Å². The van der Waals surface area contributed by atoms with Gasteiger partial charge < -0.3 is 29.4 Å². The Morgan fingerprint density at radius 2 is 2.22 bits per heavy atom. The summed E-state index contributed by atoms with van der Waals surface area (Å²) in [7, 11) is 0. The molecule has 10 nitrogen and oxygen atoms in total. The van der Waals surface area contributed by atoms with Gasteiger partial charge in [-0.25, -0.2) is 4.98 Å². The van der Waals surface area contributed by atoms with Gasteiger partial charge in [0.25, 0.3) is 5.91 Å². The number of ether oxygens (including phenoxy) is 2. The second kappa shape index (κ2) is 8.71. The number of nitrogens with zero attached hydrogens (tertiary/aromatic N) is 5. The zero-order chi connectivity index (χ0) is 22.1. The Balaban J connectivity index is 1.36. The number of nitrogens with one attached hydrogen (secondary N) is 2. The molecule has 0 spiro atoms. The molecule has 5 heterocycles. The van der Waals surface area contributed by atoms with Crippen LogP contribution in [0.25, 0.3) is 5.65 Å². The van der Waals surface area contributed by atoms with E-state index in [9.17, 15) is 4.79 Å². The third kappa shape index (κ3) is 4.37. The first kappa shape index (κ1) is 20.7. The highest BCUT2D eigenvalue weighted by atomic mass is 16.5. The lowest BCUT2D eigenvalue weighted by Gasteiger charge is -2.32. The molecule has 1 amide bonds. The van der Waals surface area contributed by atoms with Crippen molar-refractivity contribution in [3.05, 3.63) is 41.9 Å². The number of pyridine rings is 1. The summed E-state index contributed by atoms with van der Waals surface area (Å²) in [6.07, 6.45) is 4.31. The summed E-state index contributed by atoms with van der Waals surface area (Å²) < 4.78 is 13.3. The van der Waals surface area contributed by atoms with E-state index in [1.54, 1.807) is 18.3 Å². The topological polar surface area (TPSA) is 106 Å². The van der Waals surface area contributed by atoms with Crippen molar-refractivity contribution in [1.29, 1.82) is 0 Å². The van der Waals surface area contributed by atoms with Crippen LogP contribution in [0.5, 0.6) is 5.75 Å². The fourth-order valence-electron chi connectivity index (χ4n) is 4.08. The van der Waals surface area contributed by atoms with Gasteiger partial charge >= 0.3 is 0 Å². The number of hydrogen-bond acceptors (Lipinski definition) is 8. The minimum Gasteiger partial charge on any atom is -0.487 e. The summed E-state index contributed by atoms with van der Waals surface area (Å²) >= 11 is 0. The number of hydrogen-bond donors (Lipinski definition) is 2. The van der Waals surface area contributed by atoms with Crippen LogP contribution in [0.3, 0.4) is 0 Å². The molecule has 168 valence electrons. The molecule has 5 rings (SSSR count). The number of amides is 1. The number of carbonyl (C=O) groups excluding carboxylic acids is 1. The Hall–Kier alpha value is -3.24. The van der Waals surface area contributed by atoms with Crippen molar-refractivity contribution in [2.75, 3.05) is 43.1 Å². The van der Waals surface area contributed by atoms with E-state index in [-0.39, 0.29) is 12.0 Å². The number of aromatic nitrogens is 4. The zero-order valence-corrected chi connectivity index (χ0v) is 18.2. The van der Waals surface area contributed by atoms with Gasteiger partial charge in [0.15, 0.2) is 11.6 Å². The Labute approximate surface area is 185 Å². The van der Waals surface area contributed by atoms with Crippen molar-refractivity contribution in [2.24, 2.45) is 0 Å². The quantitative estimate of drug-likeness (QED) is 0.621. The first-order valence-electron chi connectivity index (χ1n) is 10.9. The Kier molecular flexibility index (Phi) is 5.62. The number of anilines is 2. The lowest BCUT2D eigenvalue weighted by Crippen LogP contribution is -2.49. The van der Waals surface area contributed by atoms with Crippen molar-refractivity contribution in [3.63, 3.8) is 0 Å². The first-order valence-corrected chi connectivity index (χ1v) is 10.9. The predicted octanol–water partition coefficient (Wildman–Crippen LogP) is 1.65. The van der Waals surface area contributed by atoms with Crippen molar-refractivity contribution in [2.45, 2.75) is 32.4 Å². The number of piperazine rings is 1. The second-order valence-corrected chi connectivity index (χ2v) is 8.33. The third-order valence-corrected chi connectivity index (χ3v) is 5.69. The van der Waals surface area contributed by atoms with Crippen LogP contribution in [0, 0.1) is 6.92 Å². The third-order valence-electron chi connectivity index (χ3n) is 5.69. The Morgan fingerprint density at radius 3 is 2.97 bits per heavy atom. The van der Waals surface area contributed by atoms with Gasteiger partial charge in [0.05, 0.1) is 24.5 Å². The van der Waals surface area contributed by atoms with E-state index in [1.165, 1.54) is 0 Å². The van der Waals surface area contributed by atoms with E-state index in [0.717, 1.165) is 43.2 Å². The summed E-state index contributed by atoms with van der Waals surface area (Å²) in [5, 5.41) is 14.8. The molecule has 3 aromatic rings. The van der Waals surface area contributed by atoms with Gasteiger partial charge in [-0.2, -0.15) is 0 Å². The summed E-state index contributed by atoms with van der Waals surface area (Å²) in [4.78, 5) is 19.8. The lowest BCUT2D eigenvalue weighted by atomic mass is 10.2. The van der Waals surface area contributed by atoms with Crippen molar-refractivity contribution in [1.82, 2.24) is 24.9 Å². The maximum Gasteiger partial charge on any atom is 0.262 e. The largest absolute Gasteiger partial charge is 0.487 e. The Morgan fingerprint density at radius 1 is 1.31 bits per heavy atom. The molecule has 0 saturated carbocycles. The van der Waals surface area contributed by atoms with Gasteiger partial charge in [0, 0.05) is 50.6 Å². The highest BCUT2D eigenvalue weighted by molar-refractivity contribution is 6.05. The molecule has 2 aliphatic rings. The first-order chi connectivity index (χ1) is 15.5. The molecule has 2 aliphatic heterocycles. The van der Waals surface area contributed by atoms with E-state index in [0.29, 0.717) is 36.4 Å². The van der Waals surface area contributed by atoms with Crippen LogP contribution in [-0.4, -0.2) is 70.5 Å². The zero-order valence-electron chi connectivity index (χ0n) is 18.2. The number of aryl methyl sites for hydroxylation is 1. The normalized spacial score (nSPS) is 21.1. The fraction of sp³-hybridized carbons (Fsp3) is 0.455. The second-order valence-electron chi connectivity index (χ2n) is 8.33. The van der Waals surface area contributed by atoms with E-state index >= 15 is 0 Å². The predicted molar refractivity (Wildman–Crippen MR) is 119 cm³/mol. The molecule has 2 saturated heterocycles. The van der Waals surface area contributed by atoms with Gasteiger partial charge in [-0.3, -0.25) is 4.79 Å². The van der Waals surface area contributed by atoms with E-state index in [4.69, 9.17) is 9.47 Å². The van der Waals surface area contributed by atoms with Gasteiger partial charge in [-0.1, -0.05) is 0 Å². The lowest BCUT2D eigenvalue weighted by molar-refractivity contribution is 0.101. The van der Waals surface area contributed by atoms with Crippen LogP contribution in [0.1, 0.15) is 29.4 Å². The highest BCUT2D eigenvalue weighted by Crippen LogP contribution is 2.25. The average Bonchev–Trinajstić information content (AvgIpc) is 3.42. The van der Waals surface area contributed by atoms with Crippen LogP contribution >= 0.6 is 0 Å². The summed E-state index contributed by atoms with van der Waals surface area (Å²) in [6.45, 7) is 7.88. The number of fused-ring (bicyclic) bond motifs is 1. The number of imidazole rings is 1. The number of rotatable bonds is 5. The Bertz CT molecular complexity index is 1110. The minimum atomic E-state index is -0.315. The SMILES string of the molecule is Cc1cn2cc(C(=O)Nc3ccc(N4CCN[C@@H](C)C4)nn3)c(O[C@H]3CCOC3)cc2n1. The minimum absolute atomic E-state index is 0.0828. The standard InChI is InChI=1S/C22H27N7O3/c1-14-10-28(7-6-23-14)20-4-3-19(26-27-20)25-22(30)17-12-29-11-15(2)24-21(29)9-18(17)32-16-5-8-31-13-16/h3-4,9,11-12,14,16,23H,5-8,10,13H2,1-2H3,(H,25,26,30)/t14-,16-/m0/s1.